The van der Waals surface area contributed by atoms with Crippen LogP contribution >= 0.6 is 11.6 Å². The Kier molecular flexibility index (Phi) is 5.41. The quantitative estimate of drug-likeness (QED) is 0.723. The normalized spacial score (nSPS) is 12.9. The van der Waals surface area contributed by atoms with Crippen LogP contribution < -0.4 is 5.32 Å². The zero-order valence-electron chi connectivity index (χ0n) is 12.8. The van der Waals surface area contributed by atoms with Crippen LogP contribution in [0.3, 0.4) is 0 Å². The Labute approximate surface area is 150 Å². The van der Waals surface area contributed by atoms with E-state index in [1.807, 2.05) is 0 Å². The van der Waals surface area contributed by atoms with Crippen molar-refractivity contribution in [2.75, 3.05) is 5.32 Å². The fraction of sp³-hybridized carbons (Fsp3) is 0.286. The van der Waals surface area contributed by atoms with Crippen molar-refractivity contribution in [1.82, 2.24) is 9.78 Å². The van der Waals surface area contributed by atoms with Crippen molar-refractivity contribution in [3.63, 3.8) is 0 Å². The molecular formula is C14H8ClF8N3O. The smallest absolute Gasteiger partial charge is 0.304 e. The number of hydrogen-bond donors (Lipinski definition) is 1. The Morgan fingerprint density at radius 1 is 1.11 bits per heavy atom. The molecule has 0 saturated heterocycles. The highest BCUT2D eigenvalue weighted by Gasteiger charge is 2.76. The molecule has 0 saturated carbocycles. The van der Waals surface area contributed by atoms with Crippen LogP contribution in [-0.2, 0) is 11.3 Å². The summed E-state index contributed by atoms with van der Waals surface area (Å²) in [5, 5.41) is 4.66. The lowest BCUT2D eigenvalue weighted by atomic mass is 10.1. The van der Waals surface area contributed by atoms with Crippen LogP contribution in [0, 0.1) is 5.82 Å². The van der Waals surface area contributed by atoms with Crippen molar-refractivity contribution in [3.8, 4) is 0 Å². The Morgan fingerprint density at radius 2 is 1.74 bits per heavy atom. The van der Waals surface area contributed by atoms with E-state index in [1.165, 1.54) is 17.4 Å². The van der Waals surface area contributed by atoms with Gasteiger partial charge in [-0.15, -0.1) is 0 Å². The van der Waals surface area contributed by atoms with E-state index in [2.05, 4.69) is 5.10 Å². The zero-order valence-corrected chi connectivity index (χ0v) is 13.6. The lowest BCUT2D eigenvalue weighted by molar-refractivity contribution is -0.343. The van der Waals surface area contributed by atoms with E-state index in [0.29, 0.717) is 0 Å². The van der Waals surface area contributed by atoms with Crippen molar-refractivity contribution in [2.24, 2.45) is 0 Å². The number of rotatable bonds is 5. The summed E-state index contributed by atoms with van der Waals surface area (Å²) in [4.78, 5) is 11.2. The molecule has 0 atom stereocenters. The van der Waals surface area contributed by atoms with Gasteiger partial charge in [0.1, 0.15) is 5.82 Å². The molecule has 0 fully saturated rings. The standard InChI is InChI=1S/C14H8ClF8N3O/c15-8-2-1-3-9(16)7(8)6-26-5-4-10(25-26)24-11(27)12(17,18)13(19,20)14(21,22)23/h1-5H,6H2,(H,24,25,27). The molecule has 0 spiro atoms. The molecule has 0 radical (unpaired) electrons. The lowest BCUT2D eigenvalue weighted by Gasteiger charge is -2.26. The first-order chi connectivity index (χ1) is 12.3. The number of hydrogen-bond acceptors (Lipinski definition) is 2. The van der Waals surface area contributed by atoms with Gasteiger partial charge in [0.2, 0.25) is 0 Å². The largest absolute Gasteiger partial charge is 0.460 e. The molecule has 13 heteroatoms. The summed E-state index contributed by atoms with van der Waals surface area (Å²) in [7, 11) is 0. The predicted molar refractivity (Wildman–Crippen MR) is 77.3 cm³/mol. The molecule has 2 aromatic rings. The van der Waals surface area contributed by atoms with Gasteiger partial charge in [-0.2, -0.15) is 35.8 Å². The molecule has 0 aliphatic heterocycles. The molecule has 0 aliphatic carbocycles. The van der Waals surface area contributed by atoms with Gasteiger partial charge < -0.3 is 5.32 Å². The summed E-state index contributed by atoms with van der Waals surface area (Å²) in [6, 6.07) is 4.59. The summed E-state index contributed by atoms with van der Waals surface area (Å²) in [5.41, 5.74) is -0.0472. The van der Waals surface area contributed by atoms with Crippen LogP contribution in [0.1, 0.15) is 5.56 Å². The monoisotopic (exact) mass is 421 g/mol. The fourth-order valence-corrected chi connectivity index (χ4v) is 2.10. The fourth-order valence-electron chi connectivity index (χ4n) is 1.88. The van der Waals surface area contributed by atoms with E-state index in [9.17, 15) is 39.9 Å². The summed E-state index contributed by atoms with van der Waals surface area (Å²) < 4.78 is 103. The van der Waals surface area contributed by atoms with E-state index in [4.69, 9.17) is 11.6 Å². The Balaban J connectivity index is 2.17. The van der Waals surface area contributed by atoms with Crippen LogP contribution in [0.4, 0.5) is 40.9 Å². The van der Waals surface area contributed by atoms with Gasteiger partial charge in [0, 0.05) is 22.8 Å². The minimum absolute atomic E-state index is 0.00689. The molecule has 1 aromatic heterocycles. The molecule has 1 N–H and O–H groups in total. The minimum atomic E-state index is -6.64. The van der Waals surface area contributed by atoms with Crippen molar-refractivity contribution < 1.29 is 39.9 Å². The van der Waals surface area contributed by atoms with Crippen LogP contribution in [0.15, 0.2) is 30.5 Å². The lowest BCUT2D eigenvalue weighted by Crippen LogP contribution is -2.57. The number of amides is 1. The van der Waals surface area contributed by atoms with Crippen molar-refractivity contribution in [1.29, 1.82) is 0 Å². The average Bonchev–Trinajstić information content (AvgIpc) is 2.97. The first-order valence-electron chi connectivity index (χ1n) is 6.87. The van der Waals surface area contributed by atoms with Gasteiger partial charge in [-0.1, -0.05) is 17.7 Å². The van der Waals surface area contributed by atoms with Crippen LogP contribution in [0.2, 0.25) is 5.02 Å². The number of carbonyl (C=O) groups is 1. The number of nitrogens with one attached hydrogen (secondary N) is 1. The first-order valence-corrected chi connectivity index (χ1v) is 7.25. The van der Waals surface area contributed by atoms with E-state index in [-0.39, 0.29) is 17.1 Å². The molecule has 1 heterocycles. The number of carbonyl (C=O) groups excluding carboxylic acids is 1. The highest BCUT2D eigenvalue weighted by molar-refractivity contribution is 6.31. The van der Waals surface area contributed by atoms with Crippen molar-refractivity contribution >= 4 is 23.3 Å². The highest BCUT2D eigenvalue weighted by atomic mass is 35.5. The topological polar surface area (TPSA) is 46.9 Å². The van der Waals surface area contributed by atoms with Gasteiger partial charge >= 0.3 is 23.9 Å². The maximum Gasteiger partial charge on any atom is 0.460 e. The SMILES string of the molecule is O=C(Nc1ccn(Cc2c(F)cccc2Cl)n1)C(F)(F)C(F)(F)C(F)(F)F. The van der Waals surface area contributed by atoms with Gasteiger partial charge in [0.15, 0.2) is 5.82 Å². The van der Waals surface area contributed by atoms with E-state index >= 15 is 0 Å². The second-order valence-electron chi connectivity index (χ2n) is 5.20. The second-order valence-corrected chi connectivity index (χ2v) is 5.61. The third-order valence-corrected chi connectivity index (χ3v) is 3.65. The van der Waals surface area contributed by atoms with Gasteiger partial charge in [0.05, 0.1) is 6.54 Å². The molecule has 2 rings (SSSR count). The Bertz CT molecular complexity index is 829. The molecule has 27 heavy (non-hydrogen) atoms. The Hall–Kier alpha value is -2.37. The average molecular weight is 422 g/mol. The molecule has 0 bridgehead atoms. The van der Waals surface area contributed by atoms with Crippen molar-refractivity contribution in [2.45, 2.75) is 24.6 Å². The molecule has 148 valence electrons. The van der Waals surface area contributed by atoms with E-state index < -0.39 is 35.6 Å². The number of aromatic nitrogens is 2. The maximum atomic E-state index is 13.7. The third-order valence-electron chi connectivity index (χ3n) is 3.30. The minimum Gasteiger partial charge on any atom is -0.304 e. The third kappa shape index (κ3) is 3.99. The molecular weight excluding hydrogens is 414 g/mol. The zero-order chi connectivity index (χ0) is 20.6. The maximum absolute atomic E-state index is 13.7. The number of nitrogens with zero attached hydrogens (tertiary/aromatic N) is 2. The first kappa shape index (κ1) is 20.9. The van der Waals surface area contributed by atoms with Gasteiger partial charge in [0.25, 0.3) is 0 Å². The highest BCUT2D eigenvalue weighted by Crippen LogP contribution is 2.46. The van der Waals surface area contributed by atoms with Gasteiger partial charge in [-0.05, 0) is 12.1 Å². The molecule has 4 nitrogen and oxygen atoms in total. The molecule has 0 aliphatic rings. The van der Waals surface area contributed by atoms with Crippen LogP contribution in [0.5, 0.6) is 0 Å². The van der Waals surface area contributed by atoms with E-state index in [0.717, 1.165) is 23.0 Å². The Morgan fingerprint density at radius 3 is 2.30 bits per heavy atom. The number of alkyl halides is 7. The molecule has 1 amide bonds. The summed E-state index contributed by atoms with van der Waals surface area (Å²) in [6.07, 6.45) is -5.60. The summed E-state index contributed by atoms with van der Waals surface area (Å²) >= 11 is 5.78. The van der Waals surface area contributed by atoms with Crippen LogP contribution in [0.25, 0.3) is 0 Å². The van der Waals surface area contributed by atoms with Gasteiger partial charge in [-0.3, -0.25) is 9.48 Å². The second kappa shape index (κ2) is 6.98. The van der Waals surface area contributed by atoms with Crippen molar-refractivity contribution in [3.05, 3.63) is 46.9 Å². The molecule has 1 aromatic carbocycles. The number of anilines is 1. The number of halogens is 9. The molecule has 0 unspecified atom stereocenters. The summed E-state index contributed by atoms with van der Waals surface area (Å²) in [5.74, 6) is -17.0. The van der Waals surface area contributed by atoms with Gasteiger partial charge in [-0.25, -0.2) is 4.39 Å². The number of benzene rings is 1. The summed E-state index contributed by atoms with van der Waals surface area (Å²) in [6.45, 7) is -0.323. The predicted octanol–water partition coefficient (Wildman–Crippen LogP) is 4.50. The van der Waals surface area contributed by atoms with E-state index in [1.54, 1.807) is 0 Å². The van der Waals surface area contributed by atoms with Crippen LogP contribution in [-0.4, -0.2) is 33.7 Å².